The maximum atomic E-state index is 13.9. The summed E-state index contributed by atoms with van der Waals surface area (Å²) in [6.07, 6.45) is 1.68. The van der Waals surface area contributed by atoms with Crippen LogP contribution in [0.15, 0.2) is 41.3 Å². The third-order valence-corrected chi connectivity index (χ3v) is 8.15. The first kappa shape index (κ1) is 22.0. The van der Waals surface area contributed by atoms with Gasteiger partial charge in [-0.05, 0) is 62.1 Å². The van der Waals surface area contributed by atoms with Crippen molar-refractivity contribution in [2.24, 2.45) is 0 Å². The molecule has 0 spiro atoms. The zero-order valence-electron chi connectivity index (χ0n) is 17.2. The molecule has 1 aliphatic carbocycles. The van der Waals surface area contributed by atoms with Crippen LogP contribution in [0.1, 0.15) is 43.7 Å². The third-order valence-electron chi connectivity index (χ3n) is 5.51. The van der Waals surface area contributed by atoms with Gasteiger partial charge in [0.15, 0.2) is 14.6 Å². The molecule has 0 bridgehead atoms. The number of benzene rings is 2. The van der Waals surface area contributed by atoms with Gasteiger partial charge in [-0.3, -0.25) is 9.59 Å². The molecule has 1 fully saturated rings. The van der Waals surface area contributed by atoms with Crippen molar-refractivity contribution in [1.82, 2.24) is 0 Å². The Bertz CT molecular complexity index is 1110. The molecule has 2 aromatic rings. The van der Waals surface area contributed by atoms with Gasteiger partial charge < -0.3 is 10.6 Å². The van der Waals surface area contributed by atoms with E-state index in [0.717, 1.165) is 11.6 Å². The van der Waals surface area contributed by atoms with Crippen molar-refractivity contribution in [3.8, 4) is 0 Å². The Morgan fingerprint density at radius 1 is 1.00 bits per heavy atom. The van der Waals surface area contributed by atoms with E-state index in [1.165, 1.54) is 19.1 Å². The van der Waals surface area contributed by atoms with E-state index in [1.807, 2.05) is 13.0 Å². The molecule has 0 atom stereocenters. The summed E-state index contributed by atoms with van der Waals surface area (Å²) in [7, 11) is -3.97. The number of aryl methyl sites for hydroxylation is 2. The van der Waals surface area contributed by atoms with Gasteiger partial charge in [0.25, 0.3) is 0 Å². The van der Waals surface area contributed by atoms with E-state index >= 15 is 0 Å². The molecule has 0 radical (unpaired) electrons. The van der Waals surface area contributed by atoms with Gasteiger partial charge in [-0.15, -0.1) is 0 Å². The van der Waals surface area contributed by atoms with Crippen LogP contribution < -0.4 is 10.6 Å². The molecule has 3 rings (SSSR count). The van der Waals surface area contributed by atoms with Crippen LogP contribution in [0.25, 0.3) is 0 Å². The summed E-state index contributed by atoms with van der Waals surface area (Å²) in [4.78, 5) is 24.7. The van der Waals surface area contributed by atoms with Crippen LogP contribution in [0.5, 0.6) is 0 Å². The van der Waals surface area contributed by atoms with E-state index in [2.05, 4.69) is 10.6 Å². The molecule has 8 heteroatoms. The summed E-state index contributed by atoms with van der Waals surface area (Å²) in [5.41, 5.74) is 1.52. The summed E-state index contributed by atoms with van der Waals surface area (Å²) in [6.45, 7) is 4.77. The molecular weight excluding hydrogens is 407 g/mol. The second kappa shape index (κ2) is 8.18. The van der Waals surface area contributed by atoms with Crippen LogP contribution >= 0.6 is 0 Å². The van der Waals surface area contributed by atoms with Crippen molar-refractivity contribution in [3.05, 3.63) is 53.3 Å². The lowest BCUT2D eigenvalue weighted by Crippen LogP contribution is -2.47. The lowest BCUT2D eigenvalue weighted by Gasteiger charge is -2.28. The van der Waals surface area contributed by atoms with Crippen LogP contribution in [0, 0.1) is 19.7 Å². The highest BCUT2D eigenvalue weighted by Gasteiger charge is 2.53. The molecule has 2 aromatic carbocycles. The van der Waals surface area contributed by atoms with Crippen LogP contribution in [0.2, 0.25) is 0 Å². The van der Waals surface area contributed by atoms with E-state index in [-0.39, 0.29) is 29.1 Å². The van der Waals surface area contributed by atoms with Crippen molar-refractivity contribution >= 4 is 33.0 Å². The Balaban J connectivity index is 1.99. The van der Waals surface area contributed by atoms with Crippen molar-refractivity contribution in [3.63, 3.8) is 0 Å². The van der Waals surface area contributed by atoms with E-state index < -0.39 is 32.2 Å². The maximum absolute atomic E-state index is 13.9. The molecule has 2 amide bonds. The Morgan fingerprint density at radius 2 is 1.67 bits per heavy atom. The standard InChI is InChI=1S/C22H25FN2O4S/c1-14-6-7-15(2)20(12-14)30(28,29)22(10-4-5-11-22)21(27)25-17-8-9-18(23)19(13-17)24-16(3)26/h6-9,12-13H,4-5,10-11H2,1-3H3,(H,24,26)(H,25,27). The maximum Gasteiger partial charge on any atom is 0.246 e. The highest BCUT2D eigenvalue weighted by atomic mass is 32.2. The van der Waals surface area contributed by atoms with Gasteiger partial charge in [0.05, 0.1) is 10.6 Å². The van der Waals surface area contributed by atoms with Gasteiger partial charge in [-0.2, -0.15) is 0 Å². The SMILES string of the molecule is CC(=O)Nc1cc(NC(=O)C2(S(=O)(=O)c3cc(C)ccc3C)CCCC2)ccc1F. The van der Waals surface area contributed by atoms with Gasteiger partial charge >= 0.3 is 0 Å². The highest BCUT2D eigenvalue weighted by molar-refractivity contribution is 7.93. The molecule has 30 heavy (non-hydrogen) atoms. The number of halogens is 1. The molecule has 2 N–H and O–H groups in total. The summed E-state index contributed by atoms with van der Waals surface area (Å²) < 4.78 is 39.6. The number of carbonyl (C=O) groups excluding carboxylic acids is 2. The van der Waals surface area contributed by atoms with Crippen LogP contribution in [0.4, 0.5) is 15.8 Å². The fraction of sp³-hybridized carbons (Fsp3) is 0.364. The van der Waals surface area contributed by atoms with Crippen LogP contribution in [-0.2, 0) is 19.4 Å². The van der Waals surface area contributed by atoms with Crippen molar-refractivity contribution < 1.29 is 22.4 Å². The van der Waals surface area contributed by atoms with E-state index in [0.29, 0.717) is 18.4 Å². The minimum Gasteiger partial charge on any atom is -0.325 e. The predicted molar refractivity (Wildman–Crippen MR) is 114 cm³/mol. The van der Waals surface area contributed by atoms with Crippen molar-refractivity contribution in [2.45, 2.75) is 56.1 Å². The normalized spacial score (nSPS) is 15.6. The topological polar surface area (TPSA) is 92.3 Å². The number of hydrogen-bond acceptors (Lipinski definition) is 4. The number of amides is 2. The number of sulfone groups is 1. The Hall–Kier alpha value is -2.74. The average Bonchev–Trinajstić information content (AvgIpc) is 3.18. The molecule has 0 saturated heterocycles. The third kappa shape index (κ3) is 3.96. The number of hydrogen-bond donors (Lipinski definition) is 2. The molecular formula is C22H25FN2O4S. The largest absolute Gasteiger partial charge is 0.325 e. The summed E-state index contributed by atoms with van der Waals surface area (Å²) >= 11 is 0. The number of anilines is 2. The number of carbonyl (C=O) groups is 2. The average molecular weight is 433 g/mol. The molecule has 1 aliphatic rings. The fourth-order valence-corrected chi connectivity index (χ4v) is 6.28. The zero-order valence-corrected chi connectivity index (χ0v) is 18.0. The van der Waals surface area contributed by atoms with E-state index in [9.17, 15) is 22.4 Å². The zero-order chi connectivity index (χ0) is 22.1. The molecule has 0 heterocycles. The molecule has 0 aliphatic heterocycles. The van der Waals surface area contributed by atoms with Gasteiger partial charge in [0, 0.05) is 12.6 Å². The quantitative estimate of drug-likeness (QED) is 0.743. The first-order chi connectivity index (χ1) is 14.1. The van der Waals surface area contributed by atoms with Crippen molar-refractivity contribution in [2.75, 3.05) is 10.6 Å². The van der Waals surface area contributed by atoms with Gasteiger partial charge in [-0.1, -0.05) is 25.0 Å². The van der Waals surface area contributed by atoms with E-state index in [4.69, 9.17) is 0 Å². The number of nitrogens with one attached hydrogen (secondary N) is 2. The molecule has 0 unspecified atom stereocenters. The van der Waals surface area contributed by atoms with Gasteiger partial charge in [0.2, 0.25) is 11.8 Å². The minimum absolute atomic E-state index is 0.0850. The fourth-order valence-electron chi connectivity index (χ4n) is 3.90. The van der Waals surface area contributed by atoms with Gasteiger partial charge in [-0.25, -0.2) is 12.8 Å². The Kier molecular flexibility index (Phi) is 5.99. The monoisotopic (exact) mass is 432 g/mol. The second-order valence-electron chi connectivity index (χ2n) is 7.80. The van der Waals surface area contributed by atoms with Crippen LogP contribution in [-0.4, -0.2) is 25.0 Å². The van der Waals surface area contributed by atoms with Crippen molar-refractivity contribution in [1.29, 1.82) is 0 Å². The Morgan fingerprint density at radius 3 is 2.30 bits per heavy atom. The Labute approximate surface area is 175 Å². The lowest BCUT2D eigenvalue weighted by molar-refractivity contribution is -0.118. The molecule has 1 saturated carbocycles. The number of rotatable bonds is 5. The van der Waals surface area contributed by atoms with Gasteiger partial charge in [0.1, 0.15) is 5.82 Å². The smallest absolute Gasteiger partial charge is 0.246 e. The summed E-state index contributed by atoms with van der Waals surface area (Å²) in [6, 6.07) is 8.90. The minimum atomic E-state index is -3.97. The molecule has 0 aromatic heterocycles. The van der Waals surface area contributed by atoms with Crippen LogP contribution in [0.3, 0.4) is 0 Å². The molecule has 6 nitrogen and oxygen atoms in total. The lowest BCUT2D eigenvalue weighted by atomic mass is 10.1. The van der Waals surface area contributed by atoms with E-state index in [1.54, 1.807) is 19.1 Å². The molecule has 160 valence electrons. The second-order valence-corrected chi connectivity index (χ2v) is 10.0. The predicted octanol–water partition coefficient (Wildman–Crippen LogP) is 4.13. The first-order valence-electron chi connectivity index (χ1n) is 9.77. The summed E-state index contributed by atoms with van der Waals surface area (Å²) in [5.74, 6) is -1.75. The highest BCUT2D eigenvalue weighted by Crippen LogP contribution is 2.42. The summed E-state index contributed by atoms with van der Waals surface area (Å²) in [5, 5.41) is 4.99. The first-order valence-corrected chi connectivity index (χ1v) is 11.3.